The van der Waals surface area contributed by atoms with E-state index in [1.165, 1.54) is 0 Å². The molecule has 0 saturated carbocycles. The topological polar surface area (TPSA) is 30.5 Å². The highest BCUT2D eigenvalue weighted by Crippen LogP contribution is 2.49. The van der Waals surface area contributed by atoms with Gasteiger partial charge in [-0.1, -0.05) is 0 Å². The molecule has 1 atom stereocenters. The number of fused-ring (bicyclic) bond motifs is 1. The van der Waals surface area contributed by atoms with Gasteiger partial charge in [-0.25, -0.2) is 0 Å². The molecule has 0 aliphatic carbocycles. The lowest BCUT2D eigenvalue weighted by molar-refractivity contribution is 0.0659. The number of hydrogen-bond acceptors (Lipinski definition) is 3. The summed E-state index contributed by atoms with van der Waals surface area (Å²) in [7, 11) is 3.64. The van der Waals surface area contributed by atoms with Crippen LogP contribution in [0.3, 0.4) is 0 Å². The summed E-state index contributed by atoms with van der Waals surface area (Å²) in [6, 6.07) is 2.17. The van der Waals surface area contributed by atoms with Gasteiger partial charge in [0, 0.05) is 18.0 Å². The van der Waals surface area contributed by atoms with E-state index in [-0.39, 0.29) is 11.6 Å². The summed E-state index contributed by atoms with van der Waals surface area (Å²) in [5.41, 5.74) is 0.931. The molecule has 0 amide bonds. The molecule has 100 valence electrons. The van der Waals surface area contributed by atoms with E-state index in [9.17, 15) is 0 Å². The molecule has 1 aromatic carbocycles. The Kier molecular flexibility index (Phi) is 3.95. The minimum atomic E-state index is -0.183. The standard InChI is InChI=1S/C13H17Br2NO2/c1-13(2)6-8(16-3)10-11(15)9(17-4)5-7(14)12(10)18-13/h5,8,16H,6H2,1-4H3. The van der Waals surface area contributed by atoms with Gasteiger partial charge in [-0.05, 0) is 58.8 Å². The minimum Gasteiger partial charge on any atom is -0.496 e. The van der Waals surface area contributed by atoms with Crippen LogP contribution in [0, 0.1) is 0 Å². The molecule has 1 unspecified atom stereocenters. The number of benzene rings is 1. The average Bonchev–Trinajstić information content (AvgIpc) is 2.31. The maximum absolute atomic E-state index is 6.09. The quantitative estimate of drug-likeness (QED) is 0.842. The Morgan fingerprint density at radius 3 is 2.67 bits per heavy atom. The molecule has 1 N–H and O–H groups in total. The fraction of sp³-hybridized carbons (Fsp3) is 0.538. The van der Waals surface area contributed by atoms with Gasteiger partial charge in [0.05, 0.1) is 16.1 Å². The van der Waals surface area contributed by atoms with Gasteiger partial charge in [0.1, 0.15) is 17.1 Å². The van der Waals surface area contributed by atoms with Crippen LogP contribution in [0.1, 0.15) is 31.9 Å². The molecule has 2 rings (SSSR count). The van der Waals surface area contributed by atoms with Crippen LogP contribution in [0.5, 0.6) is 11.5 Å². The van der Waals surface area contributed by atoms with E-state index in [0.717, 1.165) is 32.4 Å². The Morgan fingerprint density at radius 1 is 1.44 bits per heavy atom. The molecule has 0 radical (unpaired) electrons. The Hall–Kier alpha value is -0.260. The third-order valence-corrected chi connectivity index (χ3v) is 4.57. The monoisotopic (exact) mass is 377 g/mol. The van der Waals surface area contributed by atoms with Gasteiger partial charge in [0.25, 0.3) is 0 Å². The molecule has 0 saturated heterocycles. The zero-order valence-electron chi connectivity index (χ0n) is 10.9. The minimum absolute atomic E-state index is 0.183. The normalized spacial score (nSPS) is 21.1. The van der Waals surface area contributed by atoms with Gasteiger partial charge in [-0.2, -0.15) is 0 Å². The molecule has 1 heterocycles. The van der Waals surface area contributed by atoms with E-state index in [2.05, 4.69) is 51.0 Å². The molecule has 3 nitrogen and oxygen atoms in total. The number of rotatable bonds is 2. The van der Waals surface area contributed by atoms with Crippen LogP contribution in [0.2, 0.25) is 0 Å². The molecule has 5 heteroatoms. The molecule has 0 aromatic heterocycles. The van der Waals surface area contributed by atoms with Crippen LogP contribution in [-0.2, 0) is 0 Å². The fourth-order valence-electron chi connectivity index (χ4n) is 2.33. The van der Waals surface area contributed by atoms with Gasteiger partial charge in [-0.15, -0.1) is 0 Å². The first-order chi connectivity index (χ1) is 8.39. The van der Waals surface area contributed by atoms with Crippen LogP contribution in [0.25, 0.3) is 0 Å². The number of nitrogens with one attached hydrogen (secondary N) is 1. The first-order valence-corrected chi connectivity index (χ1v) is 7.40. The molecule has 0 fully saturated rings. The Bertz CT molecular complexity index is 475. The lowest BCUT2D eigenvalue weighted by Gasteiger charge is -2.38. The van der Waals surface area contributed by atoms with Crippen molar-refractivity contribution in [3.63, 3.8) is 0 Å². The summed E-state index contributed by atoms with van der Waals surface area (Å²) in [6.07, 6.45) is 0.911. The van der Waals surface area contributed by atoms with Crippen LogP contribution in [0.4, 0.5) is 0 Å². The molecular formula is C13H17Br2NO2. The highest BCUT2D eigenvalue weighted by atomic mass is 79.9. The highest BCUT2D eigenvalue weighted by molar-refractivity contribution is 9.11. The fourth-order valence-corrected chi connectivity index (χ4v) is 3.56. The van der Waals surface area contributed by atoms with Crippen LogP contribution >= 0.6 is 31.9 Å². The Labute approximate surface area is 124 Å². The molecule has 18 heavy (non-hydrogen) atoms. The number of halogens is 2. The maximum atomic E-state index is 6.09. The van der Waals surface area contributed by atoms with Crippen molar-refractivity contribution in [2.75, 3.05) is 14.2 Å². The molecule has 1 aliphatic heterocycles. The second kappa shape index (κ2) is 5.02. The average molecular weight is 379 g/mol. The molecular weight excluding hydrogens is 362 g/mol. The van der Waals surface area contributed by atoms with E-state index < -0.39 is 0 Å². The van der Waals surface area contributed by atoms with Gasteiger partial charge < -0.3 is 14.8 Å². The van der Waals surface area contributed by atoms with E-state index in [1.54, 1.807) is 7.11 Å². The van der Waals surface area contributed by atoms with Crippen molar-refractivity contribution in [2.24, 2.45) is 0 Å². The van der Waals surface area contributed by atoms with Crippen molar-refractivity contribution in [3.8, 4) is 11.5 Å². The maximum Gasteiger partial charge on any atom is 0.140 e. The lowest BCUT2D eigenvalue weighted by atomic mass is 9.89. The Morgan fingerprint density at radius 2 is 2.11 bits per heavy atom. The van der Waals surface area contributed by atoms with Gasteiger partial charge in [-0.3, -0.25) is 0 Å². The van der Waals surface area contributed by atoms with Crippen LogP contribution < -0.4 is 14.8 Å². The molecule has 1 aromatic rings. The predicted octanol–water partition coefficient (Wildman–Crippen LogP) is 4.04. The summed E-state index contributed by atoms with van der Waals surface area (Å²) < 4.78 is 13.3. The summed E-state index contributed by atoms with van der Waals surface area (Å²) in [5, 5.41) is 3.35. The summed E-state index contributed by atoms with van der Waals surface area (Å²) in [5.74, 6) is 1.70. The molecule has 1 aliphatic rings. The molecule has 0 spiro atoms. The van der Waals surface area contributed by atoms with Crippen molar-refractivity contribution in [1.29, 1.82) is 0 Å². The number of hydrogen-bond donors (Lipinski definition) is 1. The van der Waals surface area contributed by atoms with Crippen molar-refractivity contribution >= 4 is 31.9 Å². The number of methoxy groups -OCH3 is 1. The third kappa shape index (κ3) is 2.40. The van der Waals surface area contributed by atoms with E-state index in [4.69, 9.17) is 9.47 Å². The van der Waals surface area contributed by atoms with Crippen LogP contribution in [-0.4, -0.2) is 19.8 Å². The number of ether oxygens (including phenoxy) is 2. The second-order valence-electron chi connectivity index (χ2n) is 5.02. The SMILES string of the molecule is CNC1CC(C)(C)Oc2c(Br)cc(OC)c(Br)c21. The smallest absolute Gasteiger partial charge is 0.140 e. The van der Waals surface area contributed by atoms with E-state index in [1.807, 2.05) is 13.1 Å². The summed E-state index contributed by atoms with van der Waals surface area (Å²) in [6.45, 7) is 4.20. The first kappa shape index (κ1) is 14.2. The lowest BCUT2D eigenvalue weighted by Crippen LogP contribution is -2.39. The van der Waals surface area contributed by atoms with Crippen molar-refractivity contribution in [1.82, 2.24) is 5.32 Å². The zero-order valence-corrected chi connectivity index (χ0v) is 14.1. The van der Waals surface area contributed by atoms with Gasteiger partial charge >= 0.3 is 0 Å². The zero-order chi connectivity index (χ0) is 13.5. The molecule has 0 bridgehead atoms. The van der Waals surface area contributed by atoms with Crippen molar-refractivity contribution < 1.29 is 9.47 Å². The van der Waals surface area contributed by atoms with Crippen molar-refractivity contribution in [2.45, 2.75) is 31.9 Å². The van der Waals surface area contributed by atoms with Crippen molar-refractivity contribution in [3.05, 3.63) is 20.6 Å². The highest BCUT2D eigenvalue weighted by Gasteiger charge is 2.36. The van der Waals surface area contributed by atoms with E-state index in [0.29, 0.717) is 0 Å². The first-order valence-electron chi connectivity index (χ1n) is 5.82. The summed E-state index contributed by atoms with van der Waals surface area (Å²) >= 11 is 7.18. The predicted molar refractivity (Wildman–Crippen MR) is 79.5 cm³/mol. The van der Waals surface area contributed by atoms with E-state index >= 15 is 0 Å². The van der Waals surface area contributed by atoms with Gasteiger partial charge in [0.15, 0.2) is 0 Å². The third-order valence-electron chi connectivity index (χ3n) is 3.16. The largest absolute Gasteiger partial charge is 0.496 e. The Balaban J connectivity index is 2.64. The summed E-state index contributed by atoms with van der Waals surface area (Å²) in [4.78, 5) is 0. The van der Waals surface area contributed by atoms with Crippen LogP contribution in [0.15, 0.2) is 15.0 Å². The van der Waals surface area contributed by atoms with Gasteiger partial charge in [0.2, 0.25) is 0 Å². The second-order valence-corrected chi connectivity index (χ2v) is 6.67.